The molecule has 1 aromatic heterocycles. The van der Waals surface area contributed by atoms with E-state index in [-0.39, 0.29) is 11.8 Å². The normalized spacial score (nSPS) is 11.9. The lowest BCUT2D eigenvalue weighted by Crippen LogP contribution is -2.21. The first-order valence-electron chi connectivity index (χ1n) is 6.45. The third-order valence-electron chi connectivity index (χ3n) is 3.16. The molecule has 1 unspecified atom stereocenters. The molecule has 0 bridgehead atoms. The first-order valence-corrected chi connectivity index (χ1v) is 6.83. The fraction of sp³-hybridized carbons (Fsp3) is 0.267. The van der Waals surface area contributed by atoms with Gasteiger partial charge in [0.1, 0.15) is 0 Å². The summed E-state index contributed by atoms with van der Waals surface area (Å²) in [5, 5.41) is 11.1. The molecular weight excluding hydrogens is 274 g/mol. The van der Waals surface area contributed by atoms with Crippen molar-refractivity contribution < 1.29 is 4.79 Å². The van der Waals surface area contributed by atoms with Crippen LogP contribution in [0, 0.1) is 6.92 Å². The molecule has 0 aliphatic carbocycles. The molecule has 104 valence electrons. The summed E-state index contributed by atoms with van der Waals surface area (Å²) in [6.45, 7) is 3.85. The van der Waals surface area contributed by atoms with Gasteiger partial charge in [0.25, 0.3) is 0 Å². The second kappa shape index (κ2) is 6.48. The number of halogens is 1. The van der Waals surface area contributed by atoms with Gasteiger partial charge in [-0.2, -0.15) is 10.2 Å². The third-order valence-corrected chi connectivity index (χ3v) is 3.40. The van der Waals surface area contributed by atoms with Crippen LogP contribution >= 0.6 is 11.6 Å². The van der Waals surface area contributed by atoms with Crippen LogP contribution in [0.4, 0.5) is 5.69 Å². The Morgan fingerprint density at radius 2 is 2.10 bits per heavy atom. The number of amides is 1. The van der Waals surface area contributed by atoms with Crippen LogP contribution < -0.4 is 5.32 Å². The van der Waals surface area contributed by atoms with Gasteiger partial charge in [-0.3, -0.25) is 4.79 Å². The highest BCUT2D eigenvalue weighted by molar-refractivity contribution is 6.30. The Morgan fingerprint density at radius 1 is 1.35 bits per heavy atom. The topological polar surface area (TPSA) is 54.9 Å². The predicted octanol–water partition coefficient (Wildman–Crippen LogP) is 3.57. The Kier molecular flexibility index (Phi) is 4.69. The van der Waals surface area contributed by atoms with Crippen LogP contribution in [0.3, 0.4) is 0 Å². The van der Waals surface area contributed by atoms with Crippen molar-refractivity contribution in [1.29, 1.82) is 0 Å². The van der Waals surface area contributed by atoms with Crippen molar-refractivity contribution in [2.75, 3.05) is 5.32 Å². The largest absolute Gasteiger partial charge is 0.324 e. The van der Waals surface area contributed by atoms with Crippen LogP contribution in [-0.4, -0.2) is 16.1 Å². The second-order valence-corrected chi connectivity index (χ2v) is 5.03. The minimum Gasteiger partial charge on any atom is -0.324 e. The molecule has 1 N–H and O–H groups in total. The molecule has 1 atom stereocenters. The van der Waals surface area contributed by atoms with Gasteiger partial charge in [0.05, 0.1) is 24.0 Å². The van der Waals surface area contributed by atoms with E-state index in [0.29, 0.717) is 17.1 Å². The average Bonchev–Trinajstić information content (AvgIpc) is 2.42. The minimum atomic E-state index is -0.235. The summed E-state index contributed by atoms with van der Waals surface area (Å²) < 4.78 is 0. The maximum Gasteiger partial charge on any atom is 0.231 e. The van der Waals surface area contributed by atoms with Crippen LogP contribution in [0.1, 0.15) is 30.4 Å². The lowest BCUT2D eigenvalue weighted by atomic mass is 9.95. The number of aromatic nitrogens is 2. The summed E-state index contributed by atoms with van der Waals surface area (Å²) in [7, 11) is 0. The van der Waals surface area contributed by atoms with Crippen molar-refractivity contribution in [3.63, 3.8) is 0 Å². The molecule has 1 heterocycles. The highest BCUT2D eigenvalue weighted by Crippen LogP contribution is 2.24. The number of nitrogens with zero attached hydrogens (tertiary/aromatic N) is 2. The van der Waals surface area contributed by atoms with Gasteiger partial charge < -0.3 is 5.32 Å². The van der Waals surface area contributed by atoms with E-state index in [1.54, 1.807) is 18.5 Å². The molecule has 1 amide bonds. The van der Waals surface area contributed by atoms with Crippen molar-refractivity contribution in [3.05, 3.63) is 52.8 Å². The van der Waals surface area contributed by atoms with E-state index in [0.717, 1.165) is 11.1 Å². The monoisotopic (exact) mass is 289 g/mol. The van der Waals surface area contributed by atoms with Gasteiger partial charge in [-0.25, -0.2) is 0 Å². The molecule has 0 aliphatic heterocycles. The summed E-state index contributed by atoms with van der Waals surface area (Å²) in [6, 6.07) is 7.39. The Bertz CT molecular complexity index is 616. The van der Waals surface area contributed by atoms with Gasteiger partial charge in [-0.15, -0.1) is 0 Å². The van der Waals surface area contributed by atoms with Crippen LogP contribution in [-0.2, 0) is 4.79 Å². The molecule has 2 rings (SSSR count). The van der Waals surface area contributed by atoms with Gasteiger partial charge in [-0.1, -0.05) is 30.7 Å². The number of hydrogen-bond acceptors (Lipinski definition) is 3. The number of rotatable bonds is 4. The van der Waals surface area contributed by atoms with Gasteiger partial charge in [0, 0.05) is 5.02 Å². The molecule has 1 aromatic carbocycles. The first-order chi connectivity index (χ1) is 9.61. The number of anilines is 1. The van der Waals surface area contributed by atoms with E-state index in [4.69, 9.17) is 11.6 Å². The van der Waals surface area contributed by atoms with Crippen LogP contribution in [0.15, 0.2) is 36.7 Å². The minimum absolute atomic E-state index is 0.0640. The molecule has 0 aliphatic rings. The van der Waals surface area contributed by atoms with E-state index < -0.39 is 0 Å². The van der Waals surface area contributed by atoms with Crippen molar-refractivity contribution in [3.8, 4) is 0 Å². The summed E-state index contributed by atoms with van der Waals surface area (Å²) in [5.74, 6) is -0.299. The van der Waals surface area contributed by atoms with Crippen molar-refractivity contribution in [2.24, 2.45) is 0 Å². The molecule has 0 spiro atoms. The predicted molar refractivity (Wildman–Crippen MR) is 79.9 cm³/mol. The average molecular weight is 290 g/mol. The quantitative estimate of drug-likeness (QED) is 0.936. The maximum atomic E-state index is 12.4. The first kappa shape index (κ1) is 14.5. The van der Waals surface area contributed by atoms with Gasteiger partial charge in [0.15, 0.2) is 0 Å². The molecule has 5 heteroatoms. The van der Waals surface area contributed by atoms with E-state index in [1.807, 2.05) is 32.0 Å². The number of hydrogen-bond donors (Lipinski definition) is 1. The van der Waals surface area contributed by atoms with E-state index in [9.17, 15) is 4.79 Å². The highest BCUT2D eigenvalue weighted by atomic mass is 35.5. The number of nitrogens with one attached hydrogen (secondary N) is 1. The molecular formula is C15H16ClN3O. The van der Waals surface area contributed by atoms with Crippen molar-refractivity contribution in [1.82, 2.24) is 10.2 Å². The summed E-state index contributed by atoms with van der Waals surface area (Å²) in [5.41, 5.74) is 2.48. The Labute approximate surface area is 123 Å². The molecule has 0 saturated heterocycles. The molecule has 0 saturated carbocycles. The van der Waals surface area contributed by atoms with Crippen molar-refractivity contribution >= 4 is 23.2 Å². The van der Waals surface area contributed by atoms with E-state index >= 15 is 0 Å². The Balaban J connectivity index is 2.20. The Morgan fingerprint density at radius 3 is 2.75 bits per heavy atom. The van der Waals surface area contributed by atoms with Crippen LogP contribution in [0.25, 0.3) is 0 Å². The van der Waals surface area contributed by atoms with Crippen LogP contribution in [0.2, 0.25) is 5.02 Å². The smallest absolute Gasteiger partial charge is 0.231 e. The highest BCUT2D eigenvalue weighted by Gasteiger charge is 2.19. The molecule has 20 heavy (non-hydrogen) atoms. The number of benzene rings is 1. The third kappa shape index (κ3) is 3.33. The zero-order valence-electron chi connectivity index (χ0n) is 11.4. The van der Waals surface area contributed by atoms with E-state index in [1.165, 1.54) is 0 Å². The molecule has 0 fully saturated rings. The summed E-state index contributed by atoms with van der Waals surface area (Å²) in [6.07, 6.45) is 3.87. The zero-order valence-corrected chi connectivity index (χ0v) is 12.2. The number of aryl methyl sites for hydroxylation is 1. The van der Waals surface area contributed by atoms with Crippen molar-refractivity contribution in [2.45, 2.75) is 26.2 Å². The van der Waals surface area contributed by atoms with E-state index in [2.05, 4.69) is 15.5 Å². The van der Waals surface area contributed by atoms with Gasteiger partial charge >= 0.3 is 0 Å². The molecule has 2 aromatic rings. The zero-order chi connectivity index (χ0) is 14.5. The van der Waals surface area contributed by atoms with Gasteiger partial charge in [0.2, 0.25) is 5.91 Å². The van der Waals surface area contributed by atoms with Crippen LogP contribution in [0.5, 0.6) is 0 Å². The molecule has 4 nitrogen and oxygen atoms in total. The lowest BCUT2D eigenvalue weighted by molar-refractivity contribution is -0.117. The fourth-order valence-electron chi connectivity index (χ4n) is 2.03. The van der Waals surface area contributed by atoms with Gasteiger partial charge in [-0.05, 0) is 36.6 Å². The fourth-order valence-corrected chi connectivity index (χ4v) is 2.23. The SMILES string of the molecule is CCC(C(=O)Nc1cnncc1C)c1cccc(Cl)c1. The number of carbonyl (C=O) groups excluding carboxylic acids is 1. The number of carbonyl (C=O) groups is 1. The summed E-state index contributed by atoms with van der Waals surface area (Å²) in [4.78, 5) is 12.4. The maximum absolute atomic E-state index is 12.4. The summed E-state index contributed by atoms with van der Waals surface area (Å²) >= 11 is 5.99. The Hall–Kier alpha value is -1.94. The lowest BCUT2D eigenvalue weighted by Gasteiger charge is -2.16. The second-order valence-electron chi connectivity index (χ2n) is 4.59. The standard InChI is InChI=1S/C15H16ClN3O/c1-3-13(11-5-4-6-12(16)7-11)15(20)19-14-9-18-17-8-10(14)2/h4-9,13H,3H2,1-2H3,(H,17,19,20). The molecule has 0 radical (unpaired) electrons.